The number of hydrogen-bond acceptors (Lipinski definition) is 5. The van der Waals surface area contributed by atoms with E-state index in [-0.39, 0.29) is 6.61 Å². The number of ether oxygens (including phenoxy) is 3. The summed E-state index contributed by atoms with van der Waals surface area (Å²) in [5.74, 6) is -0.189. The summed E-state index contributed by atoms with van der Waals surface area (Å²) >= 11 is 3.33. The first kappa shape index (κ1) is 18.8. The van der Waals surface area contributed by atoms with Gasteiger partial charge in [-0.1, -0.05) is 52.3 Å². The zero-order chi connectivity index (χ0) is 18.2. The first-order valence-corrected chi connectivity index (χ1v) is 8.23. The second kappa shape index (κ2) is 9.08. The van der Waals surface area contributed by atoms with Crippen LogP contribution in [0.3, 0.4) is 0 Å². The zero-order valence-corrected chi connectivity index (χ0v) is 15.4. The van der Waals surface area contributed by atoms with Gasteiger partial charge in [0.15, 0.2) is 6.04 Å². The molecule has 0 saturated heterocycles. The fourth-order valence-electron chi connectivity index (χ4n) is 2.19. The van der Waals surface area contributed by atoms with Gasteiger partial charge >= 0.3 is 12.1 Å². The molecule has 2 aromatic carbocycles. The lowest BCUT2D eigenvalue weighted by molar-refractivity contribution is -0.143. The fraction of sp³-hybridized carbons (Fsp3) is 0.222. The molecule has 0 aliphatic heterocycles. The number of esters is 1. The fourth-order valence-corrected chi connectivity index (χ4v) is 2.53. The Bertz CT molecular complexity index is 736. The average Bonchev–Trinajstić information content (AvgIpc) is 2.64. The van der Waals surface area contributed by atoms with Crippen molar-refractivity contribution in [2.45, 2.75) is 12.6 Å². The number of hydrogen-bond donors (Lipinski definition) is 1. The van der Waals surface area contributed by atoms with Gasteiger partial charge in [0.25, 0.3) is 0 Å². The Morgan fingerprint density at radius 2 is 1.84 bits per heavy atom. The van der Waals surface area contributed by atoms with Crippen LogP contribution in [0.5, 0.6) is 5.75 Å². The molecule has 0 spiro atoms. The van der Waals surface area contributed by atoms with Crippen LogP contribution < -0.4 is 10.1 Å². The Morgan fingerprint density at radius 3 is 2.48 bits per heavy atom. The summed E-state index contributed by atoms with van der Waals surface area (Å²) < 4.78 is 16.0. The molecule has 0 aliphatic carbocycles. The number of rotatable bonds is 6. The van der Waals surface area contributed by atoms with Crippen molar-refractivity contribution in [2.75, 3.05) is 14.2 Å². The Balaban J connectivity index is 2.13. The third kappa shape index (κ3) is 5.22. The lowest BCUT2D eigenvalue weighted by atomic mass is 10.1. The molecule has 0 aliphatic rings. The number of methoxy groups -OCH3 is 2. The van der Waals surface area contributed by atoms with Gasteiger partial charge in [-0.05, 0) is 17.7 Å². The molecule has 6 nitrogen and oxygen atoms in total. The van der Waals surface area contributed by atoms with Crippen molar-refractivity contribution >= 4 is 28.0 Å². The number of carbonyl (C=O) groups excluding carboxylic acids is 2. The maximum Gasteiger partial charge on any atom is 0.408 e. The third-order valence-electron chi connectivity index (χ3n) is 3.42. The van der Waals surface area contributed by atoms with Crippen molar-refractivity contribution in [1.82, 2.24) is 5.32 Å². The van der Waals surface area contributed by atoms with E-state index >= 15 is 0 Å². The molecule has 1 amide bonds. The van der Waals surface area contributed by atoms with E-state index in [4.69, 9.17) is 14.2 Å². The van der Waals surface area contributed by atoms with Crippen LogP contribution >= 0.6 is 15.9 Å². The molecule has 2 rings (SSSR count). The predicted molar refractivity (Wildman–Crippen MR) is 95.2 cm³/mol. The molecule has 2 aromatic rings. The highest BCUT2D eigenvalue weighted by atomic mass is 79.9. The maximum absolute atomic E-state index is 12.1. The van der Waals surface area contributed by atoms with Crippen molar-refractivity contribution in [3.63, 3.8) is 0 Å². The van der Waals surface area contributed by atoms with Gasteiger partial charge in [-0.25, -0.2) is 9.59 Å². The highest BCUT2D eigenvalue weighted by Gasteiger charge is 2.27. The van der Waals surface area contributed by atoms with E-state index < -0.39 is 18.1 Å². The summed E-state index contributed by atoms with van der Waals surface area (Å²) in [6.07, 6.45) is -0.732. The second-order valence-corrected chi connectivity index (χ2v) is 5.96. The van der Waals surface area contributed by atoms with E-state index in [0.29, 0.717) is 11.3 Å². The van der Waals surface area contributed by atoms with Gasteiger partial charge in [-0.2, -0.15) is 0 Å². The highest BCUT2D eigenvalue weighted by Crippen LogP contribution is 2.29. The number of alkyl carbamates (subject to hydrolysis) is 1. The van der Waals surface area contributed by atoms with E-state index in [2.05, 4.69) is 21.2 Å². The Kier molecular flexibility index (Phi) is 6.82. The van der Waals surface area contributed by atoms with Crippen LogP contribution in [0.15, 0.2) is 53.0 Å². The molecular formula is C18H18BrNO5. The lowest BCUT2D eigenvalue weighted by Gasteiger charge is -2.19. The van der Waals surface area contributed by atoms with Gasteiger partial charge in [0.1, 0.15) is 12.4 Å². The van der Waals surface area contributed by atoms with Crippen LogP contribution in [0.2, 0.25) is 0 Å². The molecule has 0 fully saturated rings. The van der Waals surface area contributed by atoms with Gasteiger partial charge < -0.3 is 19.5 Å². The molecular weight excluding hydrogens is 390 g/mol. The van der Waals surface area contributed by atoms with E-state index in [9.17, 15) is 9.59 Å². The number of halogens is 1. The molecule has 7 heteroatoms. The van der Waals surface area contributed by atoms with Crippen molar-refractivity contribution in [1.29, 1.82) is 0 Å². The van der Waals surface area contributed by atoms with E-state index in [0.717, 1.165) is 10.0 Å². The predicted octanol–water partition coefficient (Wildman–Crippen LogP) is 3.60. The molecule has 0 radical (unpaired) electrons. The standard InChI is InChI=1S/C18H18BrNO5/c1-23-15-10-13(19)8-9-14(15)16(17(21)24-2)20-18(22)25-11-12-6-4-3-5-7-12/h3-10,16H,11H2,1-2H3,(H,20,22). The Morgan fingerprint density at radius 1 is 1.12 bits per heavy atom. The second-order valence-electron chi connectivity index (χ2n) is 5.05. The van der Waals surface area contributed by atoms with E-state index in [1.165, 1.54) is 14.2 Å². The van der Waals surface area contributed by atoms with E-state index in [1.807, 2.05) is 30.3 Å². The Labute approximate surface area is 154 Å². The summed E-state index contributed by atoms with van der Waals surface area (Å²) in [5.41, 5.74) is 1.31. The van der Waals surface area contributed by atoms with Crippen LogP contribution in [-0.4, -0.2) is 26.3 Å². The van der Waals surface area contributed by atoms with Crippen molar-refractivity contribution in [2.24, 2.45) is 0 Å². The van der Waals surface area contributed by atoms with Gasteiger partial charge in [0.2, 0.25) is 0 Å². The van der Waals surface area contributed by atoms with Crippen LogP contribution in [-0.2, 0) is 20.9 Å². The zero-order valence-electron chi connectivity index (χ0n) is 13.8. The maximum atomic E-state index is 12.1. The summed E-state index contributed by atoms with van der Waals surface area (Å²) in [4.78, 5) is 24.2. The van der Waals surface area contributed by atoms with Gasteiger partial charge in [-0.15, -0.1) is 0 Å². The van der Waals surface area contributed by atoms with Crippen molar-refractivity contribution in [3.8, 4) is 5.75 Å². The quantitative estimate of drug-likeness (QED) is 0.740. The minimum absolute atomic E-state index is 0.0953. The molecule has 1 atom stereocenters. The molecule has 132 valence electrons. The average molecular weight is 408 g/mol. The van der Waals surface area contributed by atoms with Gasteiger partial charge in [0, 0.05) is 10.0 Å². The third-order valence-corrected chi connectivity index (χ3v) is 3.91. The number of carbonyl (C=O) groups is 2. The summed E-state index contributed by atoms with van der Waals surface area (Å²) in [5, 5.41) is 2.52. The number of benzene rings is 2. The molecule has 1 N–H and O–H groups in total. The summed E-state index contributed by atoms with van der Waals surface area (Å²) in [7, 11) is 2.73. The molecule has 25 heavy (non-hydrogen) atoms. The highest BCUT2D eigenvalue weighted by molar-refractivity contribution is 9.10. The van der Waals surface area contributed by atoms with Gasteiger partial charge in [0.05, 0.1) is 14.2 Å². The SMILES string of the molecule is COC(=O)C(NC(=O)OCc1ccccc1)c1ccc(Br)cc1OC. The van der Waals surface area contributed by atoms with Crippen LogP contribution in [0, 0.1) is 0 Å². The molecule has 0 aromatic heterocycles. The molecule has 0 bridgehead atoms. The van der Waals surface area contributed by atoms with Gasteiger partial charge in [-0.3, -0.25) is 0 Å². The van der Waals surface area contributed by atoms with Crippen molar-refractivity contribution < 1.29 is 23.8 Å². The number of nitrogens with one attached hydrogen (secondary N) is 1. The van der Waals surface area contributed by atoms with E-state index in [1.54, 1.807) is 18.2 Å². The van der Waals surface area contributed by atoms with Crippen LogP contribution in [0.1, 0.15) is 17.2 Å². The Hall–Kier alpha value is -2.54. The monoisotopic (exact) mass is 407 g/mol. The minimum Gasteiger partial charge on any atom is -0.496 e. The first-order valence-electron chi connectivity index (χ1n) is 7.43. The lowest BCUT2D eigenvalue weighted by Crippen LogP contribution is -2.35. The largest absolute Gasteiger partial charge is 0.496 e. The normalized spacial score (nSPS) is 11.3. The summed E-state index contributed by atoms with van der Waals surface area (Å²) in [6, 6.07) is 13.3. The smallest absolute Gasteiger partial charge is 0.408 e. The minimum atomic E-state index is -1.05. The van der Waals surface area contributed by atoms with Crippen molar-refractivity contribution in [3.05, 3.63) is 64.1 Å². The molecule has 0 saturated carbocycles. The number of amides is 1. The molecule has 1 unspecified atom stereocenters. The summed E-state index contributed by atoms with van der Waals surface area (Å²) in [6.45, 7) is 0.0953. The molecule has 0 heterocycles. The van der Waals surface area contributed by atoms with Crippen LogP contribution in [0.25, 0.3) is 0 Å². The topological polar surface area (TPSA) is 73.9 Å². The first-order chi connectivity index (χ1) is 12.0. The van der Waals surface area contributed by atoms with Crippen LogP contribution in [0.4, 0.5) is 4.79 Å².